The molecule has 12 heteroatoms. The van der Waals surface area contributed by atoms with E-state index in [-0.39, 0.29) is 37.8 Å². The molecular formula is C17H31NO10S. The van der Waals surface area contributed by atoms with Gasteiger partial charge in [0.1, 0.15) is 12.7 Å². The van der Waals surface area contributed by atoms with Crippen molar-refractivity contribution in [1.29, 1.82) is 0 Å². The molecule has 11 nitrogen and oxygen atoms in total. The first-order chi connectivity index (χ1) is 13.3. The summed E-state index contributed by atoms with van der Waals surface area (Å²) >= 11 is 0. The number of ether oxygens (including phenoxy) is 3. The van der Waals surface area contributed by atoms with E-state index in [1.54, 1.807) is 6.92 Å². The molecule has 0 heterocycles. The normalized spacial score (nSPS) is 13.9. The largest absolute Gasteiger partial charge is 0.508 e. The number of hydrogen-bond acceptors (Lipinski definition) is 10. The Labute approximate surface area is 171 Å². The van der Waals surface area contributed by atoms with Crippen molar-refractivity contribution >= 4 is 28.1 Å². The minimum atomic E-state index is -3.90. The molecule has 0 radical (unpaired) electrons. The van der Waals surface area contributed by atoms with E-state index in [4.69, 9.17) is 13.7 Å². The Morgan fingerprint density at radius 3 is 2.34 bits per heavy atom. The predicted molar refractivity (Wildman–Crippen MR) is 101 cm³/mol. The number of rotatable bonds is 13. The second-order valence-corrected chi connectivity index (χ2v) is 8.75. The van der Waals surface area contributed by atoms with Crippen molar-refractivity contribution in [3.05, 3.63) is 0 Å². The van der Waals surface area contributed by atoms with Gasteiger partial charge in [0.25, 0.3) is 10.1 Å². The minimum Gasteiger partial charge on any atom is -0.457 e. The van der Waals surface area contributed by atoms with Gasteiger partial charge in [0.2, 0.25) is 5.91 Å². The Bertz CT molecular complexity index is 647. The highest BCUT2D eigenvalue weighted by molar-refractivity contribution is 7.86. The first-order valence-corrected chi connectivity index (χ1v) is 10.7. The molecule has 0 unspecified atom stereocenters. The molecular weight excluding hydrogens is 410 g/mol. The zero-order valence-electron chi connectivity index (χ0n) is 17.4. The lowest BCUT2D eigenvalue weighted by molar-refractivity contribution is -0.168. The zero-order valence-corrected chi connectivity index (χ0v) is 18.2. The SMILES string of the molecule is CCOC(=O)OC[C@@H](C)OC(=O)[C@H](O)C(C)(C)COS(=O)(=O)CCCNC(C)=O. The number of aliphatic hydroxyl groups is 1. The van der Waals surface area contributed by atoms with E-state index >= 15 is 0 Å². The Morgan fingerprint density at radius 1 is 1.17 bits per heavy atom. The van der Waals surface area contributed by atoms with Crippen molar-refractivity contribution in [1.82, 2.24) is 5.32 Å². The van der Waals surface area contributed by atoms with Crippen molar-refractivity contribution in [2.45, 2.75) is 53.2 Å². The molecule has 0 saturated heterocycles. The molecule has 0 bridgehead atoms. The fourth-order valence-corrected chi connectivity index (χ4v) is 2.95. The van der Waals surface area contributed by atoms with Gasteiger partial charge in [-0.25, -0.2) is 9.59 Å². The van der Waals surface area contributed by atoms with Gasteiger partial charge >= 0.3 is 12.1 Å². The molecule has 170 valence electrons. The molecule has 1 amide bonds. The van der Waals surface area contributed by atoms with Gasteiger partial charge in [-0.15, -0.1) is 0 Å². The molecule has 0 aromatic rings. The van der Waals surface area contributed by atoms with Crippen molar-refractivity contribution in [2.24, 2.45) is 5.41 Å². The average Bonchev–Trinajstić information content (AvgIpc) is 2.61. The van der Waals surface area contributed by atoms with Gasteiger partial charge in [0.15, 0.2) is 6.10 Å². The highest BCUT2D eigenvalue weighted by atomic mass is 32.2. The van der Waals surface area contributed by atoms with Gasteiger partial charge in [-0.3, -0.25) is 8.98 Å². The Morgan fingerprint density at radius 2 is 1.79 bits per heavy atom. The summed E-state index contributed by atoms with van der Waals surface area (Å²) in [5.74, 6) is -1.61. The standard InChI is InChI=1S/C17H31NO10S/c1-6-25-16(22)26-10-12(2)28-15(21)14(20)17(4,5)11-27-29(23,24)9-7-8-18-13(3)19/h12,14,20H,6-11H2,1-5H3,(H,18,19)/t12-,14+/m1/s1. The van der Waals surface area contributed by atoms with Gasteiger partial charge in [-0.1, -0.05) is 13.8 Å². The number of carbonyl (C=O) groups is 3. The molecule has 29 heavy (non-hydrogen) atoms. The quantitative estimate of drug-likeness (QED) is 0.232. The van der Waals surface area contributed by atoms with Crippen LogP contribution in [-0.4, -0.2) is 75.9 Å². The van der Waals surface area contributed by atoms with Gasteiger partial charge in [-0.05, 0) is 20.3 Å². The van der Waals surface area contributed by atoms with E-state index in [1.165, 1.54) is 27.7 Å². The molecule has 0 aliphatic carbocycles. The number of carbonyl (C=O) groups excluding carboxylic acids is 3. The van der Waals surface area contributed by atoms with Crippen LogP contribution in [0.5, 0.6) is 0 Å². The van der Waals surface area contributed by atoms with Crippen molar-refractivity contribution in [3.8, 4) is 0 Å². The molecule has 2 atom stereocenters. The molecule has 0 aromatic carbocycles. The van der Waals surface area contributed by atoms with Crippen LogP contribution in [0.1, 0.15) is 41.0 Å². The summed E-state index contributed by atoms with van der Waals surface area (Å²) in [6.45, 7) is 6.84. The van der Waals surface area contributed by atoms with E-state index in [0.29, 0.717) is 0 Å². The lowest BCUT2D eigenvalue weighted by Crippen LogP contribution is -2.43. The van der Waals surface area contributed by atoms with E-state index in [0.717, 1.165) is 0 Å². The van der Waals surface area contributed by atoms with Crippen LogP contribution in [0.15, 0.2) is 0 Å². The summed E-state index contributed by atoms with van der Waals surface area (Å²) in [6.07, 6.45) is -3.28. The number of hydrogen-bond donors (Lipinski definition) is 2. The maximum Gasteiger partial charge on any atom is 0.508 e. The second-order valence-electron chi connectivity index (χ2n) is 6.99. The van der Waals surface area contributed by atoms with Crippen molar-refractivity contribution in [3.63, 3.8) is 0 Å². The van der Waals surface area contributed by atoms with E-state index in [1.807, 2.05) is 0 Å². The van der Waals surface area contributed by atoms with Crippen LogP contribution in [0.3, 0.4) is 0 Å². The number of esters is 1. The molecule has 0 saturated carbocycles. The van der Waals surface area contributed by atoms with E-state index in [9.17, 15) is 27.9 Å². The lowest BCUT2D eigenvalue weighted by atomic mass is 9.87. The zero-order chi connectivity index (χ0) is 22.7. The van der Waals surface area contributed by atoms with Crippen LogP contribution in [0.25, 0.3) is 0 Å². The molecule has 0 rings (SSSR count). The third kappa shape index (κ3) is 12.3. The first kappa shape index (κ1) is 27.1. The maximum atomic E-state index is 12.1. The highest BCUT2D eigenvalue weighted by Crippen LogP contribution is 2.23. The van der Waals surface area contributed by atoms with Crippen molar-refractivity contribution in [2.75, 3.05) is 32.1 Å². The summed E-state index contributed by atoms with van der Waals surface area (Å²) in [5, 5.41) is 12.7. The fraction of sp³-hybridized carbons (Fsp3) is 0.824. The lowest BCUT2D eigenvalue weighted by Gasteiger charge is -2.29. The van der Waals surface area contributed by atoms with E-state index < -0.39 is 46.5 Å². The van der Waals surface area contributed by atoms with Gasteiger partial charge in [-0.2, -0.15) is 8.42 Å². The second kappa shape index (κ2) is 12.6. The van der Waals surface area contributed by atoms with Crippen LogP contribution in [0.2, 0.25) is 0 Å². The van der Waals surface area contributed by atoms with Crippen LogP contribution >= 0.6 is 0 Å². The monoisotopic (exact) mass is 441 g/mol. The van der Waals surface area contributed by atoms with Crippen LogP contribution < -0.4 is 5.32 Å². The molecule has 2 N–H and O–H groups in total. The highest BCUT2D eigenvalue weighted by Gasteiger charge is 2.37. The number of amides is 1. The fourth-order valence-electron chi connectivity index (χ4n) is 1.85. The van der Waals surface area contributed by atoms with Gasteiger partial charge in [0, 0.05) is 18.9 Å². The van der Waals surface area contributed by atoms with Crippen LogP contribution in [0.4, 0.5) is 4.79 Å². The van der Waals surface area contributed by atoms with Gasteiger partial charge < -0.3 is 24.6 Å². The van der Waals surface area contributed by atoms with Crippen LogP contribution in [-0.2, 0) is 38.1 Å². The Balaban J connectivity index is 4.50. The maximum absolute atomic E-state index is 12.1. The Kier molecular flexibility index (Phi) is 11.8. The summed E-state index contributed by atoms with van der Waals surface area (Å²) in [7, 11) is -3.90. The molecule has 0 spiro atoms. The Hall–Kier alpha value is -1.92. The van der Waals surface area contributed by atoms with E-state index in [2.05, 4.69) is 10.1 Å². The molecule has 0 fully saturated rings. The topological polar surface area (TPSA) is 155 Å². The van der Waals surface area contributed by atoms with Crippen molar-refractivity contribution < 1.29 is 46.3 Å². The average molecular weight is 441 g/mol. The number of aliphatic hydroxyl groups excluding tert-OH is 1. The third-order valence-electron chi connectivity index (χ3n) is 3.53. The van der Waals surface area contributed by atoms with Crippen LogP contribution in [0, 0.1) is 5.41 Å². The summed E-state index contributed by atoms with van der Waals surface area (Å²) in [6, 6.07) is 0. The summed E-state index contributed by atoms with van der Waals surface area (Å²) < 4.78 is 43.0. The first-order valence-electron chi connectivity index (χ1n) is 9.10. The molecule has 0 aliphatic rings. The summed E-state index contributed by atoms with van der Waals surface area (Å²) in [4.78, 5) is 33.9. The molecule has 0 aromatic heterocycles. The minimum absolute atomic E-state index is 0.135. The third-order valence-corrected chi connectivity index (χ3v) is 4.80. The van der Waals surface area contributed by atoms with Gasteiger partial charge in [0.05, 0.1) is 19.0 Å². The number of nitrogens with one attached hydrogen (secondary N) is 1. The summed E-state index contributed by atoms with van der Waals surface area (Å²) in [5.41, 5.74) is -1.27. The molecule has 0 aliphatic heterocycles. The predicted octanol–water partition coefficient (Wildman–Crippen LogP) is 0.351. The smallest absolute Gasteiger partial charge is 0.457 e.